The number of benzene rings is 2. The van der Waals surface area contributed by atoms with E-state index in [1.165, 1.54) is 12.1 Å². The average Bonchev–Trinajstić information content (AvgIpc) is 2.68. The Labute approximate surface area is 165 Å². The minimum atomic E-state index is -0.623. The van der Waals surface area contributed by atoms with E-state index < -0.39 is 17.5 Å². The standard InChI is InChI=1S/C21H25FN2O2.ClH/c1-15(19(23)16-6-3-2-4-7-16)20(25)24-21(10-12-26-13-11-21)17-8-5-9-18(22)14-17;/h2-9,14-15,19H,10-13,23H2,1H3,(H,24,25);1H. The maximum Gasteiger partial charge on any atom is 0.225 e. The summed E-state index contributed by atoms with van der Waals surface area (Å²) in [6.45, 7) is 2.87. The van der Waals surface area contributed by atoms with Crippen molar-refractivity contribution in [2.24, 2.45) is 11.7 Å². The van der Waals surface area contributed by atoms with Crippen LogP contribution in [0.3, 0.4) is 0 Å². The van der Waals surface area contributed by atoms with Gasteiger partial charge in [-0.2, -0.15) is 0 Å². The number of hydrogen-bond donors (Lipinski definition) is 2. The van der Waals surface area contributed by atoms with Gasteiger partial charge >= 0.3 is 0 Å². The van der Waals surface area contributed by atoms with Crippen molar-refractivity contribution < 1.29 is 13.9 Å². The number of carbonyl (C=O) groups excluding carboxylic acids is 1. The van der Waals surface area contributed by atoms with Crippen molar-refractivity contribution >= 4 is 18.3 Å². The number of rotatable bonds is 5. The number of halogens is 2. The number of nitrogens with two attached hydrogens (primary N) is 1. The van der Waals surface area contributed by atoms with Gasteiger partial charge in [-0.05, 0) is 36.1 Å². The van der Waals surface area contributed by atoms with E-state index in [2.05, 4.69) is 5.32 Å². The SMILES string of the molecule is CC(C(=O)NC1(c2cccc(F)c2)CCOCC1)C(N)c1ccccc1.Cl. The van der Waals surface area contributed by atoms with Gasteiger partial charge in [0.2, 0.25) is 5.91 Å². The highest BCUT2D eigenvalue weighted by Crippen LogP contribution is 2.33. The molecule has 0 radical (unpaired) electrons. The summed E-state index contributed by atoms with van der Waals surface area (Å²) in [7, 11) is 0. The van der Waals surface area contributed by atoms with Crippen molar-refractivity contribution in [1.82, 2.24) is 5.32 Å². The van der Waals surface area contributed by atoms with Crippen LogP contribution >= 0.6 is 12.4 Å². The first-order valence-corrected chi connectivity index (χ1v) is 8.98. The summed E-state index contributed by atoms with van der Waals surface area (Å²) >= 11 is 0. The summed E-state index contributed by atoms with van der Waals surface area (Å²) in [5.41, 5.74) is 7.37. The summed E-state index contributed by atoms with van der Waals surface area (Å²) in [5, 5.41) is 3.16. The Morgan fingerprint density at radius 3 is 2.44 bits per heavy atom. The first-order chi connectivity index (χ1) is 12.5. The molecule has 0 aliphatic carbocycles. The van der Waals surface area contributed by atoms with E-state index in [-0.39, 0.29) is 24.1 Å². The highest BCUT2D eigenvalue weighted by Gasteiger charge is 2.38. The molecule has 1 aliphatic rings. The molecule has 2 unspecified atom stereocenters. The lowest BCUT2D eigenvalue weighted by molar-refractivity contribution is -0.128. The highest BCUT2D eigenvalue weighted by atomic mass is 35.5. The zero-order valence-corrected chi connectivity index (χ0v) is 16.2. The summed E-state index contributed by atoms with van der Waals surface area (Å²) in [6.07, 6.45) is 1.21. The lowest BCUT2D eigenvalue weighted by Gasteiger charge is -2.39. The Kier molecular flexibility index (Phi) is 7.36. The normalized spacial score (nSPS) is 18.0. The Hall–Kier alpha value is -1.95. The molecule has 6 heteroatoms. The zero-order valence-electron chi connectivity index (χ0n) is 15.4. The molecule has 3 N–H and O–H groups in total. The third-order valence-corrected chi connectivity index (χ3v) is 5.22. The number of carbonyl (C=O) groups is 1. The van der Waals surface area contributed by atoms with Gasteiger partial charge in [0.1, 0.15) is 5.82 Å². The van der Waals surface area contributed by atoms with Crippen molar-refractivity contribution in [3.8, 4) is 0 Å². The number of ether oxygens (including phenoxy) is 1. The fourth-order valence-corrected chi connectivity index (χ4v) is 3.47. The molecule has 3 rings (SSSR count). The molecule has 1 heterocycles. The second-order valence-electron chi connectivity index (χ2n) is 6.92. The van der Waals surface area contributed by atoms with Crippen LogP contribution < -0.4 is 11.1 Å². The fourth-order valence-electron chi connectivity index (χ4n) is 3.47. The van der Waals surface area contributed by atoms with Crippen molar-refractivity contribution in [1.29, 1.82) is 0 Å². The van der Waals surface area contributed by atoms with Gasteiger partial charge in [-0.1, -0.05) is 49.4 Å². The molecule has 0 bridgehead atoms. The second kappa shape index (κ2) is 9.31. The minimum Gasteiger partial charge on any atom is -0.381 e. The van der Waals surface area contributed by atoms with Crippen LogP contribution in [0.1, 0.15) is 36.9 Å². The fraction of sp³-hybridized carbons (Fsp3) is 0.381. The number of amides is 1. The van der Waals surface area contributed by atoms with Crippen LogP contribution in [0.15, 0.2) is 54.6 Å². The molecular formula is C21H26ClFN2O2. The molecular weight excluding hydrogens is 367 g/mol. The minimum absolute atomic E-state index is 0. The van der Waals surface area contributed by atoms with Crippen LogP contribution in [-0.2, 0) is 15.1 Å². The summed E-state index contributed by atoms with van der Waals surface area (Å²) in [5.74, 6) is -0.852. The van der Waals surface area contributed by atoms with E-state index in [1.54, 1.807) is 6.07 Å². The maximum atomic E-state index is 13.8. The molecule has 0 aromatic heterocycles. The summed E-state index contributed by atoms with van der Waals surface area (Å²) in [6, 6.07) is 15.6. The van der Waals surface area contributed by atoms with Crippen LogP contribution in [-0.4, -0.2) is 19.1 Å². The van der Waals surface area contributed by atoms with E-state index in [4.69, 9.17) is 10.5 Å². The predicted molar refractivity (Wildman–Crippen MR) is 106 cm³/mol. The van der Waals surface area contributed by atoms with E-state index in [0.29, 0.717) is 26.1 Å². The average molecular weight is 393 g/mol. The molecule has 4 nitrogen and oxygen atoms in total. The van der Waals surface area contributed by atoms with Gasteiger partial charge in [-0.3, -0.25) is 4.79 Å². The monoisotopic (exact) mass is 392 g/mol. The maximum absolute atomic E-state index is 13.8. The predicted octanol–water partition coefficient (Wildman–Crippen LogP) is 3.71. The van der Waals surface area contributed by atoms with Gasteiger partial charge in [0.05, 0.1) is 11.5 Å². The quantitative estimate of drug-likeness (QED) is 0.815. The zero-order chi connectivity index (χ0) is 18.6. The Morgan fingerprint density at radius 2 is 1.81 bits per heavy atom. The summed E-state index contributed by atoms with van der Waals surface area (Å²) in [4.78, 5) is 13.0. The van der Waals surface area contributed by atoms with Crippen molar-refractivity contribution in [2.75, 3.05) is 13.2 Å². The molecule has 1 amide bonds. The Balaban J connectivity index is 0.00000261. The highest BCUT2D eigenvalue weighted by molar-refractivity contribution is 5.85. The lowest BCUT2D eigenvalue weighted by Crippen LogP contribution is -2.52. The Bertz CT molecular complexity index is 751. The van der Waals surface area contributed by atoms with Crippen molar-refractivity contribution in [3.63, 3.8) is 0 Å². The molecule has 146 valence electrons. The van der Waals surface area contributed by atoms with Crippen LogP contribution in [0.25, 0.3) is 0 Å². The third kappa shape index (κ3) is 4.86. The van der Waals surface area contributed by atoms with Crippen molar-refractivity contribution in [2.45, 2.75) is 31.3 Å². The van der Waals surface area contributed by atoms with Crippen LogP contribution in [0.2, 0.25) is 0 Å². The first-order valence-electron chi connectivity index (χ1n) is 8.98. The van der Waals surface area contributed by atoms with Crippen LogP contribution in [0, 0.1) is 11.7 Å². The van der Waals surface area contributed by atoms with Crippen molar-refractivity contribution in [3.05, 3.63) is 71.5 Å². The molecule has 2 aromatic rings. The largest absolute Gasteiger partial charge is 0.381 e. The second-order valence-corrected chi connectivity index (χ2v) is 6.92. The molecule has 0 spiro atoms. The molecule has 1 fully saturated rings. The smallest absolute Gasteiger partial charge is 0.225 e. The van der Waals surface area contributed by atoms with Crippen LogP contribution in [0.5, 0.6) is 0 Å². The Morgan fingerprint density at radius 1 is 1.15 bits per heavy atom. The molecule has 2 aromatic carbocycles. The topological polar surface area (TPSA) is 64.3 Å². The number of nitrogens with one attached hydrogen (secondary N) is 1. The molecule has 1 saturated heterocycles. The molecule has 2 atom stereocenters. The summed E-state index contributed by atoms with van der Waals surface area (Å²) < 4.78 is 19.2. The van der Waals surface area contributed by atoms with Gasteiger partial charge in [-0.15, -0.1) is 12.4 Å². The van der Waals surface area contributed by atoms with E-state index >= 15 is 0 Å². The van der Waals surface area contributed by atoms with Crippen LogP contribution in [0.4, 0.5) is 4.39 Å². The lowest BCUT2D eigenvalue weighted by atomic mass is 9.81. The molecule has 1 aliphatic heterocycles. The first kappa shape index (κ1) is 21.4. The van der Waals surface area contributed by atoms with E-state index in [0.717, 1.165) is 11.1 Å². The van der Waals surface area contributed by atoms with Gasteiger partial charge in [0.15, 0.2) is 0 Å². The van der Waals surface area contributed by atoms with Gasteiger partial charge in [0, 0.05) is 19.3 Å². The van der Waals surface area contributed by atoms with Gasteiger partial charge < -0.3 is 15.8 Å². The van der Waals surface area contributed by atoms with Gasteiger partial charge in [-0.25, -0.2) is 4.39 Å². The van der Waals surface area contributed by atoms with E-state index in [1.807, 2.05) is 43.3 Å². The van der Waals surface area contributed by atoms with Gasteiger partial charge in [0.25, 0.3) is 0 Å². The molecule has 0 saturated carbocycles. The van der Waals surface area contributed by atoms with E-state index in [9.17, 15) is 9.18 Å². The third-order valence-electron chi connectivity index (χ3n) is 5.22. The number of hydrogen-bond acceptors (Lipinski definition) is 3. The molecule has 27 heavy (non-hydrogen) atoms.